The van der Waals surface area contributed by atoms with Crippen LogP contribution in [0.1, 0.15) is 30.0 Å². The molecule has 1 fully saturated rings. The highest BCUT2D eigenvalue weighted by molar-refractivity contribution is 5.95. The zero-order valence-corrected chi connectivity index (χ0v) is 20.4. The maximum Gasteiger partial charge on any atom is 0.417 e. The highest BCUT2D eigenvalue weighted by Crippen LogP contribution is 2.35. The quantitative estimate of drug-likeness (QED) is 0.299. The van der Waals surface area contributed by atoms with Crippen molar-refractivity contribution in [1.29, 1.82) is 0 Å². The summed E-state index contributed by atoms with van der Waals surface area (Å²) >= 11 is 0. The van der Waals surface area contributed by atoms with Gasteiger partial charge in [-0.2, -0.15) is 13.2 Å². The molecule has 12 heteroatoms. The number of carbonyl (C=O) groups excluding carboxylic acids is 1. The molecule has 0 unspecified atom stereocenters. The number of carbonyl (C=O) groups is 1. The molecule has 0 radical (unpaired) electrons. The van der Waals surface area contributed by atoms with Crippen molar-refractivity contribution in [3.8, 4) is 11.3 Å². The molecule has 198 valence electrons. The van der Waals surface area contributed by atoms with Crippen molar-refractivity contribution in [3.05, 3.63) is 66.1 Å². The Kier molecular flexibility index (Phi) is 6.89. The molecule has 6 N–H and O–H groups in total. The average molecular weight is 525 g/mol. The van der Waals surface area contributed by atoms with E-state index in [9.17, 15) is 18.0 Å². The minimum absolute atomic E-state index is 0.0870. The van der Waals surface area contributed by atoms with Crippen LogP contribution in [0.5, 0.6) is 0 Å². The monoisotopic (exact) mass is 524 g/mol. The average Bonchev–Trinajstić information content (AvgIpc) is 3.35. The van der Waals surface area contributed by atoms with Crippen molar-refractivity contribution >= 4 is 28.6 Å². The fourth-order valence-electron chi connectivity index (χ4n) is 4.64. The van der Waals surface area contributed by atoms with Gasteiger partial charge in [-0.05, 0) is 30.4 Å². The number of H-pyrrole nitrogens is 1. The summed E-state index contributed by atoms with van der Waals surface area (Å²) in [4.78, 5) is 30.1. The van der Waals surface area contributed by atoms with E-state index < -0.39 is 17.8 Å². The molecule has 1 amide bonds. The van der Waals surface area contributed by atoms with Gasteiger partial charge in [-0.1, -0.05) is 30.3 Å². The summed E-state index contributed by atoms with van der Waals surface area (Å²) < 4.78 is 39.7. The highest BCUT2D eigenvalue weighted by atomic mass is 19.4. The van der Waals surface area contributed by atoms with E-state index in [0.29, 0.717) is 42.5 Å². The van der Waals surface area contributed by atoms with Crippen molar-refractivity contribution in [3.63, 3.8) is 0 Å². The number of hydrogen-bond acceptors (Lipinski definition) is 7. The molecule has 1 aliphatic heterocycles. The molecule has 9 nitrogen and oxygen atoms in total. The topological polar surface area (TPSA) is 139 Å². The van der Waals surface area contributed by atoms with E-state index in [4.69, 9.17) is 11.5 Å². The summed E-state index contributed by atoms with van der Waals surface area (Å²) in [5.41, 5.74) is 13.4. The van der Waals surface area contributed by atoms with Crippen LogP contribution in [-0.2, 0) is 11.0 Å². The Morgan fingerprint density at radius 2 is 1.89 bits per heavy atom. The molecular formula is C26H27F3N8O. The maximum absolute atomic E-state index is 13.2. The van der Waals surface area contributed by atoms with Gasteiger partial charge in [-0.3, -0.25) is 4.79 Å². The molecule has 5 rings (SSSR count). The Balaban J connectivity index is 1.23. The first-order valence-electron chi connectivity index (χ1n) is 12.2. The van der Waals surface area contributed by atoms with Crippen LogP contribution in [0.2, 0.25) is 0 Å². The number of halogens is 3. The lowest BCUT2D eigenvalue weighted by Crippen LogP contribution is -2.44. The van der Waals surface area contributed by atoms with E-state index in [-0.39, 0.29) is 22.9 Å². The third-order valence-corrected chi connectivity index (χ3v) is 6.83. The van der Waals surface area contributed by atoms with Crippen LogP contribution in [0.25, 0.3) is 22.3 Å². The van der Waals surface area contributed by atoms with Crippen LogP contribution in [0.15, 0.2) is 55.0 Å². The van der Waals surface area contributed by atoms with Gasteiger partial charge in [0.2, 0.25) is 11.9 Å². The van der Waals surface area contributed by atoms with E-state index in [1.165, 1.54) is 12.4 Å². The molecule has 0 saturated carbocycles. The minimum atomic E-state index is -4.52. The van der Waals surface area contributed by atoms with Crippen LogP contribution in [0.3, 0.4) is 0 Å². The van der Waals surface area contributed by atoms with Gasteiger partial charge in [-0.15, -0.1) is 0 Å². The molecule has 0 bridgehead atoms. The number of aromatic amines is 1. The number of hydrogen-bond donors (Lipinski definition) is 4. The lowest BCUT2D eigenvalue weighted by atomic mass is 9.95. The van der Waals surface area contributed by atoms with Gasteiger partial charge in [0, 0.05) is 43.0 Å². The number of pyridine rings is 1. The maximum atomic E-state index is 13.2. The van der Waals surface area contributed by atoms with Gasteiger partial charge >= 0.3 is 6.18 Å². The number of aromatic nitrogens is 4. The molecule has 1 aromatic carbocycles. The summed E-state index contributed by atoms with van der Waals surface area (Å²) in [5, 5.41) is 3.47. The lowest BCUT2D eigenvalue weighted by molar-refractivity contribution is -0.137. The number of amides is 1. The molecule has 4 aromatic rings. The largest absolute Gasteiger partial charge is 0.417 e. The number of fused-ring (bicyclic) bond motifs is 1. The number of alkyl halides is 3. The van der Waals surface area contributed by atoms with Crippen molar-refractivity contribution in [2.45, 2.75) is 25.1 Å². The zero-order valence-electron chi connectivity index (χ0n) is 20.4. The number of piperidine rings is 1. The Labute approximate surface area is 216 Å². The number of rotatable bonds is 6. The number of nitrogens with two attached hydrogens (primary N) is 2. The first-order chi connectivity index (χ1) is 18.2. The van der Waals surface area contributed by atoms with Crippen LogP contribution >= 0.6 is 0 Å². The fraction of sp³-hybridized carbons (Fsp3) is 0.308. The first-order valence-corrected chi connectivity index (χ1v) is 12.2. The third kappa shape index (κ3) is 5.25. The first kappa shape index (κ1) is 25.5. The number of nitrogens with one attached hydrogen (secondary N) is 2. The minimum Gasteiger partial charge on any atom is -0.396 e. The Morgan fingerprint density at radius 1 is 1.16 bits per heavy atom. The second kappa shape index (κ2) is 10.3. The fourth-order valence-corrected chi connectivity index (χ4v) is 4.64. The van der Waals surface area contributed by atoms with Crippen molar-refractivity contribution < 1.29 is 18.0 Å². The van der Waals surface area contributed by atoms with Crippen molar-refractivity contribution in [2.24, 2.45) is 11.7 Å². The standard InChI is InChI=1S/C26H27F3N8O/c27-26(28,29)17-10-18-19(13-33-23(18)32-12-17)22-20(30)14-35-25(36-22)34-11-15-6-8-37(9-7-15)24(38)21(31)16-4-2-1-3-5-16/h1-5,10,12-15,21H,6-9,11,30-31H2,(H,32,33)(H,34,35,36)/t21-/m1/s1. The molecule has 1 saturated heterocycles. The normalized spacial score (nSPS) is 15.5. The number of likely N-dealkylation sites (tertiary alicyclic amines) is 1. The summed E-state index contributed by atoms with van der Waals surface area (Å²) in [6.45, 7) is 1.77. The second-order valence-corrected chi connectivity index (χ2v) is 9.36. The third-order valence-electron chi connectivity index (χ3n) is 6.83. The van der Waals surface area contributed by atoms with Crippen LogP contribution in [0, 0.1) is 5.92 Å². The van der Waals surface area contributed by atoms with Gasteiger partial charge in [0.05, 0.1) is 17.4 Å². The van der Waals surface area contributed by atoms with E-state index >= 15 is 0 Å². The molecule has 4 heterocycles. The van der Waals surface area contributed by atoms with Crippen LogP contribution in [-0.4, -0.2) is 50.4 Å². The molecule has 38 heavy (non-hydrogen) atoms. The second-order valence-electron chi connectivity index (χ2n) is 9.36. The molecule has 0 aliphatic carbocycles. The highest BCUT2D eigenvalue weighted by Gasteiger charge is 2.32. The predicted molar refractivity (Wildman–Crippen MR) is 138 cm³/mol. The van der Waals surface area contributed by atoms with Gasteiger partial charge in [0.1, 0.15) is 17.4 Å². The SMILES string of the molecule is Nc1cnc(NCC2CCN(C(=O)[C@H](N)c3ccccc3)CC2)nc1-c1c[nH]c2ncc(C(F)(F)F)cc12. The van der Waals surface area contributed by atoms with E-state index in [1.807, 2.05) is 30.3 Å². The van der Waals surface area contributed by atoms with E-state index in [0.717, 1.165) is 30.7 Å². The van der Waals surface area contributed by atoms with Crippen molar-refractivity contribution in [1.82, 2.24) is 24.8 Å². The number of benzene rings is 1. The lowest BCUT2D eigenvalue weighted by Gasteiger charge is -2.33. The summed E-state index contributed by atoms with van der Waals surface area (Å²) in [7, 11) is 0. The summed E-state index contributed by atoms with van der Waals surface area (Å²) in [6.07, 6.45) is 0.802. The number of nitrogen functional groups attached to an aromatic ring is 1. The van der Waals surface area contributed by atoms with E-state index in [2.05, 4.69) is 25.3 Å². The predicted octanol–water partition coefficient (Wildman–Crippen LogP) is 3.97. The molecule has 0 spiro atoms. The smallest absolute Gasteiger partial charge is 0.396 e. The van der Waals surface area contributed by atoms with Crippen molar-refractivity contribution in [2.75, 3.05) is 30.7 Å². The molecule has 1 aliphatic rings. The van der Waals surface area contributed by atoms with Gasteiger partial charge in [-0.25, -0.2) is 15.0 Å². The summed E-state index contributed by atoms with van der Waals surface area (Å²) in [5.74, 6) is 0.507. The number of anilines is 2. The van der Waals surface area contributed by atoms with Crippen LogP contribution < -0.4 is 16.8 Å². The Bertz CT molecular complexity index is 1430. The van der Waals surface area contributed by atoms with Gasteiger partial charge in [0.15, 0.2) is 0 Å². The number of nitrogens with zero attached hydrogens (tertiary/aromatic N) is 4. The Morgan fingerprint density at radius 3 is 2.61 bits per heavy atom. The van der Waals surface area contributed by atoms with Gasteiger partial charge in [0.25, 0.3) is 0 Å². The zero-order chi connectivity index (χ0) is 26.9. The summed E-state index contributed by atoms with van der Waals surface area (Å²) in [6, 6.07) is 9.65. The molecule has 1 atom stereocenters. The molecular weight excluding hydrogens is 497 g/mol. The van der Waals surface area contributed by atoms with E-state index in [1.54, 1.807) is 4.90 Å². The molecule has 3 aromatic heterocycles. The van der Waals surface area contributed by atoms with Crippen LogP contribution in [0.4, 0.5) is 24.8 Å². The van der Waals surface area contributed by atoms with Gasteiger partial charge < -0.3 is 26.7 Å². The Hall–Kier alpha value is -4.19.